The maximum atomic E-state index is 12.4. The van der Waals surface area contributed by atoms with Gasteiger partial charge in [0, 0.05) is 11.3 Å². The van der Waals surface area contributed by atoms with E-state index in [1.54, 1.807) is 13.1 Å². The zero-order chi connectivity index (χ0) is 14.9. The predicted octanol–water partition coefficient (Wildman–Crippen LogP) is 1.91. The number of nitrogens with one attached hydrogen (secondary N) is 2. The van der Waals surface area contributed by atoms with Crippen LogP contribution in [0.1, 0.15) is 42.5 Å². The van der Waals surface area contributed by atoms with Gasteiger partial charge in [-0.25, -0.2) is 0 Å². The van der Waals surface area contributed by atoms with E-state index in [9.17, 15) is 9.90 Å². The summed E-state index contributed by atoms with van der Waals surface area (Å²) in [6.07, 6.45) is 4.51. The van der Waals surface area contributed by atoms with Crippen LogP contribution in [0.3, 0.4) is 0 Å². The Hall–Kier alpha value is -1.66. The highest BCUT2D eigenvalue weighted by Gasteiger charge is 2.30. The van der Waals surface area contributed by atoms with E-state index in [0.717, 1.165) is 36.1 Å². The molecule has 0 saturated heterocycles. The Morgan fingerprint density at radius 3 is 3.29 bits per heavy atom. The van der Waals surface area contributed by atoms with Crippen LogP contribution in [0.2, 0.25) is 0 Å². The van der Waals surface area contributed by atoms with E-state index >= 15 is 0 Å². The van der Waals surface area contributed by atoms with Crippen LogP contribution < -0.4 is 5.32 Å². The third-order valence-corrected chi connectivity index (χ3v) is 4.80. The fourth-order valence-electron chi connectivity index (χ4n) is 2.79. The minimum atomic E-state index is -1.04. The van der Waals surface area contributed by atoms with E-state index in [1.807, 2.05) is 16.8 Å². The third kappa shape index (κ3) is 2.87. The van der Waals surface area contributed by atoms with Gasteiger partial charge in [0.15, 0.2) is 0 Å². The minimum absolute atomic E-state index is 0.0344. The summed E-state index contributed by atoms with van der Waals surface area (Å²) < 4.78 is 0. The lowest BCUT2D eigenvalue weighted by molar-refractivity contribution is -0.124. The average Bonchev–Trinajstić information content (AvgIpc) is 3.14. The molecule has 0 aliphatic heterocycles. The van der Waals surface area contributed by atoms with Crippen LogP contribution in [0.4, 0.5) is 0 Å². The first-order valence-electron chi connectivity index (χ1n) is 7.13. The molecule has 0 aromatic carbocycles. The van der Waals surface area contributed by atoms with Gasteiger partial charge in [-0.3, -0.25) is 9.89 Å². The summed E-state index contributed by atoms with van der Waals surface area (Å²) in [4.78, 5) is 12.4. The molecule has 1 aliphatic carbocycles. The summed E-state index contributed by atoms with van der Waals surface area (Å²) >= 11 is 1.54. The molecular weight excluding hydrogens is 286 g/mol. The predicted molar refractivity (Wildman–Crippen MR) is 81.2 cm³/mol. The molecule has 3 rings (SSSR count). The molecule has 5 nitrogen and oxygen atoms in total. The Morgan fingerprint density at radius 2 is 2.52 bits per heavy atom. The number of hydrogen-bond acceptors (Lipinski definition) is 4. The molecule has 0 spiro atoms. The number of H-pyrrole nitrogens is 1. The van der Waals surface area contributed by atoms with Crippen LogP contribution in [0.25, 0.3) is 0 Å². The number of aromatic nitrogens is 2. The Morgan fingerprint density at radius 1 is 1.67 bits per heavy atom. The molecule has 2 aromatic heterocycles. The van der Waals surface area contributed by atoms with Gasteiger partial charge in [-0.05, 0) is 48.6 Å². The molecule has 2 atom stereocenters. The molecule has 6 heteroatoms. The van der Waals surface area contributed by atoms with Gasteiger partial charge in [0.25, 0.3) is 0 Å². The van der Waals surface area contributed by atoms with E-state index in [0.29, 0.717) is 0 Å². The summed E-state index contributed by atoms with van der Waals surface area (Å²) in [5.41, 5.74) is 1.85. The van der Waals surface area contributed by atoms with E-state index < -0.39 is 5.60 Å². The first kappa shape index (κ1) is 14.3. The van der Waals surface area contributed by atoms with Crippen molar-refractivity contribution in [1.82, 2.24) is 15.5 Å². The molecule has 21 heavy (non-hydrogen) atoms. The number of carbonyl (C=O) groups is 1. The molecule has 2 aromatic rings. The van der Waals surface area contributed by atoms with Crippen LogP contribution in [0.5, 0.6) is 0 Å². The summed E-state index contributed by atoms with van der Waals surface area (Å²) in [5.74, 6) is -0.196. The lowest BCUT2D eigenvalue weighted by Crippen LogP contribution is -2.41. The first-order valence-corrected chi connectivity index (χ1v) is 8.07. The number of aryl methyl sites for hydroxylation is 1. The molecule has 0 fully saturated rings. The van der Waals surface area contributed by atoms with Crippen molar-refractivity contribution in [3.8, 4) is 0 Å². The Bertz CT molecular complexity index is 619. The molecule has 0 bridgehead atoms. The van der Waals surface area contributed by atoms with Crippen molar-refractivity contribution in [1.29, 1.82) is 0 Å². The largest absolute Gasteiger partial charge is 0.384 e. The second kappa shape index (κ2) is 5.61. The summed E-state index contributed by atoms with van der Waals surface area (Å²) in [5, 5.41) is 24.2. The molecular formula is C15H19N3O2S. The van der Waals surface area contributed by atoms with Gasteiger partial charge in [0.2, 0.25) is 5.91 Å². The number of carbonyl (C=O) groups excluding carboxylic acids is 1. The summed E-state index contributed by atoms with van der Waals surface area (Å²) in [6.45, 7) is 1.94. The van der Waals surface area contributed by atoms with Crippen LogP contribution in [0.15, 0.2) is 23.0 Å². The van der Waals surface area contributed by atoms with Crippen LogP contribution in [-0.4, -0.2) is 27.8 Å². The van der Waals surface area contributed by atoms with Gasteiger partial charge < -0.3 is 10.4 Å². The van der Waals surface area contributed by atoms with Crippen molar-refractivity contribution in [3.05, 3.63) is 39.8 Å². The highest BCUT2D eigenvalue weighted by molar-refractivity contribution is 7.08. The summed E-state index contributed by atoms with van der Waals surface area (Å²) in [7, 11) is 0. The monoisotopic (exact) mass is 305 g/mol. The average molecular weight is 305 g/mol. The topological polar surface area (TPSA) is 78.0 Å². The van der Waals surface area contributed by atoms with Gasteiger partial charge in [0.05, 0.1) is 18.7 Å². The lowest BCUT2D eigenvalue weighted by Gasteiger charge is -2.26. The van der Waals surface area contributed by atoms with Gasteiger partial charge in [-0.1, -0.05) is 0 Å². The van der Waals surface area contributed by atoms with E-state index in [1.165, 1.54) is 11.3 Å². The Labute approximate surface area is 127 Å². The van der Waals surface area contributed by atoms with E-state index in [2.05, 4.69) is 15.5 Å². The minimum Gasteiger partial charge on any atom is -0.384 e. The molecule has 0 saturated carbocycles. The number of nitrogens with zero attached hydrogens (tertiary/aromatic N) is 1. The number of aromatic amines is 1. The second-order valence-corrected chi connectivity index (χ2v) is 6.53. The van der Waals surface area contributed by atoms with Crippen molar-refractivity contribution in [3.63, 3.8) is 0 Å². The third-order valence-electron chi connectivity index (χ3n) is 4.11. The fourth-order valence-corrected chi connectivity index (χ4v) is 3.57. The Balaban J connectivity index is 1.66. The van der Waals surface area contributed by atoms with Crippen LogP contribution in [0, 0.1) is 0 Å². The SMILES string of the molecule is CC(O)(CNC(=O)C1CCCc2[nH]ncc21)c1ccsc1. The van der Waals surface area contributed by atoms with E-state index in [-0.39, 0.29) is 18.4 Å². The molecule has 1 amide bonds. The van der Waals surface area contributed by atoms with Crippen LogP contribution in [-0.2, 0) is 16.8 Å². The van der Waals surface area contributed by atoms with Crippen molar-refractivity contribution < 1.29 is 9.90 Å². The number of thiophene rings is 1. The second-order valence-electron chi connectivity index (χ2n) is 5.75. The highest BCUT2D eigenvalue weighted by atomic mass is 32.1. The number of aliphatic hydroxyl groups is 1. The fraction of sp³-hybridized carbons (Fsp3) is 0.467. The number of amides is 1. The highest BCUT2D eigenvalue weighted by Crippen LogP contribution is 2.30. The van der Waals surface area contributed by atoms with Crippen molar-refractivity contribution in [2.45, 2.75) is 37.7 Å². The zero-order valence-electron chi connectivity index (χ0n) is 11.9. The molecule has 2 unspecified atom stereocenters. The number of hydrogen-bond donors (Lipinski definition) is 3. The van der Waals surface area contributed by atoms with Crippen LogP contribution >= 0.6 is 11.3 Å². The van der Waals surface area contributed by atoms with Gasteiger partial charge in [-0.2, -0.15) is 16.4 Å². The standard InChI is InChI=1S/C15H19N3O2S/c1-15(20,10-5-6-21-8-10)9-16-14(19)11-3-2-4-13-12(11)7-17-18-13/h5-8,11,20H,2-4,9H2,1H3,(H,16,19)(H,17,18). The summed E-state index contributed by atoms with van der Waals surface area (Å²) in [6, 6.07) is 1.88. The van der Waals surface area contributed by atoms with Crippen molar-refractivity contribution >= 4 is 17.2 Å². The van der Waals surface area contributed by atoms with E-state index in [4.69, 9.17) is 0 Å². The quantitative estimate of drug-likeness (QED) is 0.807. The maximum absolute atomic E-state index is 12.4. The number of fused-ring (bicyclic) bond motifs is 1. The smallest absolute Gasteiger partial charge is 0.227 e. The molecule has 3 N–H and O–H groups in total. The van der Waals surface area contributed by atoms with Gasteiger partial charge in [0.1, 0.15) is 5.60 Å². The molecule has 112 valence electrons. The van der Waals surface area contributed by atoms with Gasteiger partial charge >= 0.3 is 0 Å². The van der Waals surface area contributed by atoms with Crippen molar-refractivity contribution in [2.75, 3.05) is 6.54 Å². The normalized spacial score (nSPS) is 20.6. The lowest BCUT2D eigenvalue weighted by atomic mass is 9.86. The Kier molecular flexibility index (Phi) is 3.82. The number of rotatable bonds is 4. The molecule has 1 aliphatic rings. The van der Waals surface area contributed by atoms with Crippen molar-refractivity contribution in [2.24, 2.45) is 0 Å². The zero-order valence-corrected chi connectivity index (χ0v) is 12.7. The molecule has 0 radical (unpaired) electrons. The molecule has 2 heterocycles. The first-order chi connectivity index (χ1) is 10.1. The van der Waals surface area contributed by atoms with Gasteiger partial charge in [-0.15, -0.1) is 0 Å². The maximum Gasteiger partial charge on any atom is 0.227 e.